The fourth-order valence-electron chi connectivity index (χ4n) is 0.758. The fourth-order valence-corrected chi connectivity index (χ4v) is 1.18. The Morgan fingerprint density at radius 3 is 2.80 bits per heavy atom. The van der Waals surface area contributed by atoms with Gasteiger partial charge in [-0.2, -0.15) is 0 Å². The number of hydrogen-bond donors (Lipinski definition) is 1. The summed E-state index contributed by atoms with van der Waals surface area (Å²) in [4.78, 5) is 13.7. The number of aryl methyl sites for hydroxylation is 1. The lowest BCUT2D eigenvalue weighted by atomic mass is 10.2. The molecule has 0 unspecified atom stereocenters. The van der Waals surface area contributed by atoms with Crippen LogP contribution in [0, 0.1) is 3.70 Å². The van der Waals surface area contributed by atoms with Crippen LogP contribution in [0.1, 0.15) is 12.5 Å². The van der Waals surface area contributed by atoms with E-state index in [9.17, 15) is 4.79 Å². The molecule has 54 valence electrons. The van der Waals surface area contributed by atoms with E-state index in [1.807, 2.05) is 19.1 Å². The van der Waals surface area contributed by atoms with Crippen LogP contribution in [-0.4, -0.2) is 4.98 Å². The first kappa shape index (κ1) is 7.78. The SMILES string of the molecule is CCc1ccc(I)[nH]c1=O. The van der Waals surface area contributed by atoms with Crippen LogP contribution >= 0.6 is 22.6 Å². The van der Waals surface area contributed by atoms with E-state index in [0.29, 0.717) is 0 Å². The zero-order valence-corrected chi connectivity index (χ0v) is 7.81. The standard InChI is InChI=1S/C7H8INO/c1-2-5-3-4-6(8)9-7(5)10/h3-4H,2H2,1H3,(H,9,10). The Morgan fingerprint density at radius 2 is 2.30 bits per heavy atom. The molecule has 10 heavy (non-hydrogen) atoms. The lowest BCUT2D eigenvalue weighted by molar-refractivity contribution is 1.05. The Balaban J connectivity index is 3.20. The number of hydrogen-bond acceptors (Lipinski definition) is 1. The monoisotopic (exact) mass is 249 g/mol. The third-order valence-electron chi connectivity index (χ3n) is 1.34. The first-order valence-corrected chi connectivity index (χ1v) is 4.19. The van der Waals surface area contributed by atoms with Gasteiger partial charge in [0.2, 0.25) is 0 Å². The van der Waals surface area contributed by atoms with Crippen LogP contribution < -0.4 is 5.56 Å². The highest BCUT2D eigenvalue weighted by molar-refractivity contribution is 14.1. The van der Waals surface area contributed by atoms with Crippen molar-refractivity contribution in [3.8, 4) is 0 Å². The summed E-state index contributed by atoms with van der Waals surface area (Å²) in [6.45, 7) is 1.97. The highest BCUT2D eigenvalue weighted by Gasteiger charge is 1.94. The molecule has 0 saturated carbocycles. The van der Waals surface area contributed by atoms with Gasteiger partial charge in [-0.15, -0.1) is 0 Å². The van der Waals surface area contributed by atoms with Crippen molar-refractivity contribution in [1.82, 2.24) is 4.98 Å². The Hall–Kier alpha value is -0.320. The first-order chi connectivity index (χ1) is 4.74. The highest BCUT2D eigenvalue weighted by Crippen LogP contribution is 1.97. The van der Waals surface area contributed by atoms with Crippen LogP contribution in [-0.2, 0) is 6.42 Å². The number of pyridine rings is 1. The minimum atomic E-state index is 0.0365. The molecule has 0 aliphatic heterocycles. The molecule has 1 aromatic rings. The Bertz CT molecular complexity index is 279. The molecule has 3 heteroatoms. The van der Waals surface area contributed by atoms with Crippen molar-refractivity contribution in [2.75, 3.05) is 0 Å². The number of nitrogens with one attached hydrogen (secondary N) is 1. The second-order valence-electron chi connectivity index (χ2n) is 2.01. The number of rotatable bonds is 1. The lowest BCUT2D eigenvalue weighted by Crippen LogP contribution is -2.11. The van der Waals surface area contributed by atoms with Gasteiger partial charge in [0.1, 0.15) is 0 Å². The summed E-state index contributed by atoms with van der Waals surface area (Å²) in [6.07, 6.45) is 0.798. The van der Waals surface area contributed by atoms with Crippen molar-refractivity contribution in [2.45, 2.75) is 13.3 Å². The molecular weight excluding hydrogens is 241 g/mol. The van der Waals surface area contributed by atoms with E-state index in [1.165, 1.54) is 0 Å². The van der Waals surface area contributed by atoms with Gasteiger partial charge < -0.3 is 4.98 Å². The molecule has 1 heterocycles. The Labute approximate surface area is 72.8 Å². The minimum absolute atomic E-state index is 0.0365. The van der Waals surface area contributed by atoms with Gasteiger partial charge in [0.05, 0.1) is 3.70 Å². The maximum absolute atomic E-state index is 11.0. The van der Waals surface area contributed by atoms with E-state index in [2.05, 4.69) is 27.6 Å². The molecular formula is C7H8INO. The van der Waals surface area contributed by atoms with Crippen molar-refractivity contribution in [2.24, 2.45) is 0 Å². The van der Waals surface area contributed by atoms with Crippen molar-refractivity contribution in [3.05, 3.63) is 31.8 Å². The molecule has 1 rings (SSSR count). The van der Waals surface area contributed by atoms with Gasteiger partial charge in [0, 0.05) is 5.56 Å². The van der Waals surface area contributed by atoms with Gasteiger partial charge in [-0.3, -0.25) is 4.79 Å². The zero-order chi connectivity index (χ0) is 7.56. The summed E-state index contributed by atoms with van der Waals surface area (Å²) in [5, 5.41) is 0. The molecule has 0 aliphatic carbocycles. The molecule has 1 aromatic heterocycles. The van der Waals surface area contributed by atoms with Gasteiger partial charge in [-0.05, 0) is 35.1 Å². The molecule has 0 aliphatic rings. The van der Waals surface area contributed by atoms with Gasteiger partial charge >= 0.3 is 0 Å². The van der Waals surface area contributed by atoms with E-state index in [4.69, 9.17) is 0 Å². The van der Waals surface area contributed by atoms with Crippen molar-refractivity contribution in [1.29, 1.82) is 0 Å². The van der Waals surface area contributed by atoms with Crippen LogP contribution in [0.4, 0.5) is 0 Å². The van der Waals surface area contributed by atoms with E-state index >= 15 is 0 Å². The van der Waals surface area contributed by atoms with Crippen molar-refractivity contribution in [3.63, 3.8) is 0 Å². The Morgan fingerprint density at radius 1 is 1.60 bits per heavy atom. The third-order valence-corrected chi connectivity index (χ3v) is 1.97. The fraction of sp³-hybridized carbons (Fsp3) is 0.286. The van der Waals surface area contributed by atoms with Gasteiger partial charge in [0.15, 0.2) is 0 Å². The second-order valence-corrected chi connectivity index (χ2v) is 3.18. The summed E-state index contributed by atoms with van der Waals surface area (Å²) in [5.74, 6) is 0. The largest absolute Gasteiger partial charge is 0.317 e. The highest BCUT2D eigenvalue weighted by atomic mass is 127. The smallest absolute Gasteiger partial charge is 0.251 e. The van der Waals surface area contributed by atoms with Gasteiger partial charge in [0.25, 0.3) is 5.56 Å². The molecule has 0 amide bonds. The number of H-pyrrole nitrogens is 1. The zero-order valence-electron chi connectivity index (χ0n) is 5.65. The van der Waals surface area contributed by atoms with Crippen LogP contribution in [0.15, 0.2) is 16.9 Å². The summed E-state index contributed by atoms with van der Waals surface area (Å²) in [5.41, 5.74) is 0.884. The van der Waals surface area contributed by atoms with E-state index in [-0.39, 0.29) is 5.56 Å². The van der Waals surface area contributed by atoms with E-state index < -0.39 is 0 Å². The average molecular weight is 249 g/mol. The van der Waals surface area contributed by atoms with Gasteiger partial charge in [-0.1, -0.05) is 13.0 Å². The first-order valence-electron chi connectivity index (χ1n) is 3.11. The van der Waals surface area contributed by atoms with Crippen LogP contribution in [0.2, 0.25) is 0 Å². The van der Waals surface area contributed by atoms with Crippen molar-refractivity contribution >= 4 is 22.6 Å². The number of aromatic nitrogens is 1. The van der Waals surface area contributed by atoms with E-state index in [0.717, 1.165) is 15.7 Å². The summed E-state index contributed by atoms with van der Waals surface area (Å²) < 4.78 is 0.889. The lowest BCUT2D eigenvalue weighted by Gasteiger charge is -1.93. The van der Waals surface area contributed by atoms with Gasteiger partial charge in [-0.25, -0.2) is 0 Å². The minimum Gasteiger partial charge on any atom is -0.317 e. The molecule has 0 bridgehead atoms. The molecule has 0 spiro atoms. The summed E-state index contributed by atoms with van der Waals surface area (Å²) in [6, 6.07) is 3.77. The van der Waals surface area contributed by atoms with Crippen LogP contribution in [0.3, 0.4) is 0 Å². The third kappa shape index (κ3) is 1.59. The molecule has 1 N–H and O–H groups in total. The average Bonchev–Trinajstić information content (AvgIpc) is 1.88. The van der Waals surface area contributed by atoms with Crippen molar-refractivity contribution < 1.29 is 0 Å². The molecule has 0 radical (unpaired) electrons. The Kier molecular flexibility index (Phi) is 2.48. The maximum atomic E-state index is 11.0. The maximum Gasteiger partial charge on any atom is 0.251 e. The molecule has 0 saturated heterocycles. The van der Waals surface area contributed by atoms with E-state index in [1.54, 1.807) is 0 Å². The number of aromatic amines is 1. The molecule has 0 fully saturated rings. The molecule has 0 aromatic carbocycles. The quantitative estimate of drug-likeness (QED) is 0.594. The van der Waals surface area contributed by atoms with Crippen LogP contribution in [0.25, 0.3) is 0 Å². The molecule has 2 nitrogen and oxygen atoms in total. The topological polar surface area (TPSA) is 32.9 Å². The second kappa shape index (κ2) is 3.18. The number of halogens is 1. The summed E-state index contributed by atoms with van der Waals surface area (Å²) in [7, 11) is 0. The summed E-state index contributed by atoms with van der Waals surface area (Å²) >= 11 is 2.08. The predicted molar refractivity (Wildman–Crippen MR) is 49.2 cm³/mol. The normalized spacial score (nSPS) is 9.80. The van der Waals surface area contributed by atoms with Crippen LogP contribution in [0.5, 0.6) is 0 Å². The predicted octanol–water partition coefficient (Wildman–Crippen LogP) is 1.54. The molecule has 0 atom stereocenters.